The molecule has 0 atom stereocenters. The molecule has 2 aliphatic rings. The Kier molecular flexibility index (Phi) is 3.46. The van der Waals surface area contributed by atoms with E-state index in [2.05, 4.69) is 39.6 Å². The van der Waals surface area contributed by atoms with Gasteiger partial charge in [0.2, 0.25) is 0 Å². The van der Waals surface area contributed by atoms with Crippen molar-refractivity contribution < 1.29 is 0 Å². The average molecular weight is 246 g/mol. The zero-order valence-electron chi connectivity index (χ0n) is 11.1. The molecule has 0 bridgehead atoms. The van der Waals surface area contributed by atoms with Gasteiger partial charge in [0.1, 0.15) is 0 Å². The molecule has 2 aliphatic carbocycles. The highest BCUT2D eigenvalue weighted by Crippen LogP contribution is 2.27. The smallest absolute Gasteiger partial charge is 0.150 e. The largest absolute Gasteiger partial charge is 0.358 e. The summed E-state index contributed by atoms with van der Waals surface area (Å²) in [5.41, 5.74) is 1.04. The first-order valence-electron chi connectivity index (χ1n) is 7.08. The number of nitrogens with zero attached hydrogens (tertiary/aromatic N) is 3. The molecule has 0 aliphatic heterocycles. The molecule has 1 aromatic rings. The summed E-state index contributed by atoms with van der Waals surface area (Å²) in [6.45, 7) is 1.97. The van der Waals surface area contributed by atoms with Crippen LogP contribution in [-0.4, -0.2) is 29.8 Å². The van der Waals surface area contributed by atoms with E-state index in [1.807, 2.05) is 0 Å². The van der Waals surface area contributed by atoms with Crippen molar-refractivity contribution in [3.63, 3.8) is 0 Å². The van der Waals surface area contributed by atoms with Gasteiger partial charge in [0.05, 0.1) is 5.69 Å². The summed E-state index contributed by atoms with van der Waals surface area (Å²) in [5.74, 6) is 1.87. The lowest BCUT2D eigenvalue weighted by atomic mass is 9.85. The predicted octanol–water partition coefficient (Wildman–Crippen LogP) is 1.96. The van der Waals surface area contributed by atoms with Crippen molar-refractivity contribution in [2.45, 2.75) is 44.7 Å². The Morgan fingerprint density at radius 1 is 1.22 bits per heavy atom. The lowest BCUT2D eigenvalue weighted by Crippen LogP contribution is -2.30. The molecule has 2 fully saturated rings. The first-order chi connectivity index (χ1) is 8.81. The molecular weight excluding hydrogens is 224 g/mol. The van der Waals surface area contributed by atoms with Gasteiger partial charge in [-0.25, -0.2) is 0 Å². The van der Waals surface area contributed by atoms with Crippen LogP contribution in [0.15, 0.2) is 12.1 Å². The Bertz CT molecular complexity index is 381. The van der Waals surface area contributed by atoms with E-state index in [-0.39, 0.29) is 0 Å². The Morgan fingerprint density at radius 2 is 2.06 bits per heavy atom. The maximum absolute atomic E-state index is 4.32. The fraction of sp³-hybridized carbons (Fsp3) is 0.714. The summed E-state index contributed by atoms with van der Waals surface area (Å²) in [6, 6.07) is 4.91. The standard InChI is InChI=1S/C14H22N4/c1-18(10-11-3-2-4-11)14-8-7-13(16-17-14)9-15-12-5-6-12/h7-8,11-12,15H,2-6,9-10H2,1H3. The van der Waals surface area contributed by atoms with Crippen molar-refractivity contribution in [1.82, 2.24) is 15.5 Å². The lowest BCUT2D eigenvalue weighted by molar-refractivity contribution is 0.321. The Hall–Kier alpha value is -1.16. The monoisotopic (exact) mass is 246 g/mol. The van der Waals surface area contributed by atoms with Crippen LogP contribution in [0.3, 0.4) is 0 Å². The minimum absolute atomic E-state index is 0.729. The Balaban J connectivity index is 1.51. The van der Waals surface area contributed by atoms with E-state index in [0.717, 1.165) is 36.6 Å². The molecule has 0 spiro atoms. The van der Waals surface area contributed by atoms with Gasteiger partial charge in [0.15, 0.2) is 5.82 Å². The van der Waals surface area contributed by atoms with Crippen LogP contribution in [0.4, 0.5) is 5.82 Å². The van der Waals surface area contributed by atoms with E-state index >= 15 is 0 Å². The van der Waals surface area contributed by atoms with Gasteiger partial charge >= 0.3 is 0 Å². The van der Waals surface area contributed by atoms with Crippen molar-refractivity contribution in [1.29, 1.82) is 0 Å². The fourth-order valence-corrected chi connectivity index (χ4v) is 2.34. The van der Waals surface area contributed by atoms with Gasteiger partial charge in [0.25, 0.3) is 0 Å². The minimum atomic E-state index is 0.729. The van der Waals surface area contributed by atoms with Gasteiger partial charge in [-0.05, 0) is 43.7 Å². The van der Waals surface area contributed by atoms with Gasteiger partial charge < -0.3 is 10.2 Å². The molecule has 98 valence electrons. The van der Waals surface area contributed by atoms with E-state index in [1.165, 1.54) is 32.1 Å². The third-order valence-corrected chi connectivity index (χ3v) is 4.00. The molecule has 1 aromatic heterocycles. The number of anilines is 1. The SMILES string of the molecule is CN(CC1CCC1)c1ccc(CNC2CC2)nn1. The van der Waals surface area contributed by atoms with Crippen LogP contribution in [0.1, 0.15) is 37.8 Å². The summed E-state index contributed by atoms with van der Waals surface area (Å²) in [7, 11) is 2.12. The molecule has 0 saturated heterocycles. The van der Waals surface area contributed by atoms with Crippen LogP contribution in [0.25, 0.3) is 0 Å². The van der Waals surface area contributed by atoms with Crippen LogP contribution in [0.5, 0.6) is 0 Å². The summed E-state index contributed by atoms with van der Waals surface area (Å²) in [4.78, 5) is 2.23. The second-order valence-corrected chi connectivity index (χ2v) is 5.72. The van der Waals surface area contributed by atoms with Crippen molar-refractivity contribution in [2.75, 3.05) is 18.5 Å². The minimum Gasteiger partial charge on any atom is -0.358 e. The van der Waals surface area contributed by atoms with Crippen LogP contribution in [-0.2, 0) is 6.54 Å². The highest BCUT2D eigenvalue weighted by atomic mass is 15.2. The maximum Gasteiger partial charge on any atom is 0.150 e. The molecular formula is C14H22N4. The Labute approximate surface area is 109 Å². The van der Waals surface area contributed by atoms with Gasteiger partial charge in [-0.2, -0.15) is 5.10 Å². The summed E-state index contributed by atoms with van der Waals surface area (Å²) in [6.07, 6.45) is 6.78. The molecule has 4 nitrogen and oxygen atoms in total. The summed E-state index contributed by atoms with van der Waals surface area (Å²) >= 11 is 0. The summed E-state index contributed by atoms with van der Waals surface area (Å²) in [5, 5.41) is 12.1. The van der Waals surface area contributed by atoms with Gasteiger partial charge in [-0.1, -0.05) is 6.42 Å². The molecule has 0 aromatic carbocycles. The molecule has 3 rings (SSSR count). The molecule has 4 heteroatoms. The third kappa shape index (κ3) is 2.99. The zero-order chi connectivity index (χ0) is 12.4. The molecule has 2 saturated carbocycles. The number of rotatable bonds is 6. The van der Waals surface area contributed by atoms with Gasteiger partial charge in [0, 0.05) is 26.2 Å². The van der Waals surface area contributed by atoms with Crippen LogP contribution in [0.2, 0.25) is 0 Å². The number of hydrogen-bond acceptors (Lipinski definition) is 4. The molecule has 1 heterocycles. The molecule has 0 unspecified atom stereocenters. The molecule has 0 radical (unpaired) electrons. The third-order valence-electron chi connectivity index (χ3n) is 4.00. The zero-order valence-corrected chi connectivity index (χ0v) is 11.1. The van der Waals surface area contributed by atoms with Crippen LogP contribution >= 0.6 is 0 Å². The van der Waals surface area contributed by atoms with Crippen molar-refractivity contribution >= 4 is 5.82 Å². The first kappa shape index (κ1) is 11.9. The van der Waals surface area contributed by atoms with Crippen LogP contribution in [0, 0.1) is 5.92 Å². The summed E-state index contributed by atoms with van der Waals surface area (Å²) < 4.78 is 0. The first-order valence-corrected chi connectivity index (χ1v) is 7.08. The quantitative estimate of drug-likeness (QED) is 0.833. The van der Waals surface area contributed by atoms with E-state index in [4.69, 9.17) is 0 Å². The van der Waals surface area contributed by atoms with E-state index < -0.39 is 0 Å². The second-order valence-electron chi connectivity index (χ2n) is 5.72. The van der Waals surface area contributed by atoms with E-state index in [9.17, 15) is 0 Å². The number of hydrogen-bond donors (Lipinski definition) is 1. The van der Waals surface area contributed by atoms with Crippen molar-refractivity contribution in [3.05, 3.63) is 17.8 Å². The van der Waals surface area contributed by atoms with Crippen LogP contribution < -0.4 is 10.2 Å². The molecule has 18 heavy (non-hydrogen) atoms. The van der Waals surface area contributed by atoms with E-state index in [0.29, 0.717) is 0 Å². The highest BCUT2D eigenvalue weighted by molar-refractivity contribution is 5.36. The molecule has 0 amide bonds. The average Bonchev–Trinajstić information content (AvgIpc) is 3.16. The van der Waals surface area contributed by atoms with Gasteiger partial charge in [-0.3, -0.25) is 0 Å². The topological polar surface area (TPSA) is 41.0 Å². The number of aromatic nitrogens is 2. The molecule has 1 N–H and O–H groups in total. The van der Waals surface area contributed by atoms with Crippen molar-refractivity contribution in [2.24, 2.45) is 5.92 Å². The van der Waals surface area contributed by atoms with Gasteiger partial charge in [-0.15, -0.1) is 5.10 Å². The van der Waals surface area contributed by atoms with Crippen molar-refractivity contribution in [3.8, 4) is 0 Å². The predicted molar refractivity (Wildman–Crippen MR) is 72.5 cm³/mol. The Morgan fingerprint density at radius 3 is 2.61 bits per heavy atom. The maximum atomic E-state index is 4.32. The second kappa shape index (κ2) is 5.22. The normalized spacial score (nSPS) is 19.6. The number of nitrogens with one attached hydrogen (secondary N) is 1. The highest BCUT2D eigenvalue weighted by Gasteiger charge is 2.21. The fourth-order valence-electron chi connectivity index (χ4n) is 2.34. The lowest BCUT2D eigenvalue weighted by Gasteiger charge is -2.30. The van der Waals surface area contributed by atoms with E-state index in [1.54, 1.807) is 0 Å².